The lowest BCUT2D eigenvalue weighted by atomic mass is 9.71. The first-order chi connectivity index (χ1) is 16.5. The van der Waals surface area contributed by atoms with Crippen LogP contribution in [-0.2, 0) is 14.3 Å². The molecule has 3 aliphatic rings. The van der Waals surface area contributed by atoms with E-state index in [2.05, 4.69) is 40.0 Å². The van der Waals surface area contributed by atoms with Crippen LogP contribution in [0.4, 0.5) is 0 Å². The number of nitrogens with one attached hydrogen (secondary N) is 1. The number of ether oxygens (including phenoxy) is 1. The van der Waals surface area contributed by atoms with Crippen LogP contribution in [0.25, 0.3) is 0 Å². The Kier molecular flexibility index (Phi) is 6.91. The third-order valence-electron chi connectivity index (χ3n) is 7.36. The van der Waals surface area contributed by atoms with Gasteiger partial charge in [-0.2, -0.15) is 0 Å². The number of allylic oxidation sites excluding steroid dienone is 3. The number of carbonyl (C=O) groups is 2. The molecule has 176 valence electrons. The standard InChI is InChI=1S/C29H30INO3/c1-18-26(29(33)34-21-12-6-3-7-13-21)27(22-14-8-9-15-23(22)30)28-24(31-18)16-20(17-25(28)32)19-10-4-2-5-11-19/h2,4-5,8-11,14-15,20-21,27,31H,3,6-7,12-13,16-17H2,1H3/t20-,27+/m1/s1. The topological polar surface area (TPSA) is 55.4 Å². The van der Waals surface area contributed by atoms with Gasteiger partial charge in [0.2, 0.25) is 0 Å². The molecule has 34 heavy (non-hydrogen) atoms. The average molecular weight is 567 g/mol. The van der Waals surface area contributed by atoms with E-state index in [0.717, 1.165) is 58.2 Å². The monoisotopic (exact) mass is 567 g/mol. The number of ketones is 1. The smallest absolute Gasteiger partial charge is 0.337 e. The summed E-state index contributed by atoms with van der Waals surface area (Å²) in [5, 5.41) is 3.47. The van der Waals surface area contributed by atoms with Gasteiger partial charge in [-0.3, -0.25) is 4.79 Å². The molecule has 5 heteroatoms. The normalized spacial score (nSPS) is 23.4. The molecule has 1 N–H and O–H groups in total. The van der Waals surface area contributed by atoms with E-state index >= 15 is 0 Å². The van der Waals surface area contributed by atoms with Gasteiger partial charge in [-0.15, -0.1) is 0 Å². The minimum Gasteiger partial charge on any atom is -0.459 e. The number of dihydropyridines is 1. The molecule has 5 rings (SSSR count). The van der Waals surface area contributed by atoms with Crippen molar-refractivity contribution < 1.29 is 14.3 Å². The van der Waals surface area contributed by atoms with Crippen molar-refractivity contribution >= 4 is 34.3 Å². The quantitative estimate of drug-likeness (QED) is 0.337. The van der Waals surface area contributed by atoms with Gasteiger partial charge >= 0.3 is 5.97 Å². The summed E-state index contributed by atoms with van der Waals surface area (Å²) in [5.41, 5.74) is 5.24. The number of esters is 1. The molecule has 2 aromatic rings. The SMILES string of the molecule is CC1=C(C(=O)OC2CCCCC2)[C@H](c2ccccc2I)C2=C(C[C@@H](c3ccccc3)CC2=O)N1. The zero-order chi connectivity index (χ0) is 23.7. The lowest BCUT2D eigenvalue weighted by molar-refractivity contribution is -0.146. The van der Waals surface area contributed by atoms with Crippen molar-refractivity contribution in [2.24, 2.45) is 0 Å². The summed E-state index contributed by atoms with van der Waals surface area (Å²) in [6.45, 7) is 1.95. The molecule has 2 atom stereocenters. The molecule has 0 unspecified atom stereocenters. The van der Waals surface area contributed by atoms with Crippen LogP contribution in [0.2, 0.25) is 0 Å². The van der Waals surface area contributed by atoms with Gasteiger partial charge in [-0.25, -0.2) is 4.79 Å². The van der Waals surface area contributed by atoms with Crippen LogP contribution in [0.1, 0.15) is 74.8 Å². The van der Waals surface area contributed by atoms with E-state index in [9.17, 15) is 9.59 Å². The Bertz CT molecular complexity index is 1160. The molecule has 1 saturated carbocycles. The second-order valence-corrected chi connectivity index (χ2v) is 10.8. The molecule has 1 fully saturated rings. The fourth-order valence-electron chi connectivity index (χ4n) is 5.69. The maximum atomic E-state index is 13.7. The van der Waals surface area contributed by atoms with Crippen molar-refractivity contribution in [3.05, 3.63) is 91.8 Å². The van der Waals surface area contributed by atoms with E-state index in [1.54, 1.807) is 0 Å². The second-order valence-electron chi connectivity index (χ2n) is 9.61. The molecular formula is C29H30INO3. The van der Waals surface area contributed by atoms with Gasteiger partial charge in [0.1, 0.15) is 6.10 Å². The van der Waals surface area contributed by atoms with E-state index in [1.165, 1.54) is 12.0 Å². The van der Waals surface area contributed by atoms with Crippen LogP contribution >= 0.6 is 22.6 Å². The van der Waals surface area contributed by atoms with E-state index in [1.807, 2.05) is 49.4 Å². The van der Waals surface area contributed by atoms with Crippen molar-refractivity contribution in [1.29, 1.82) is 0 Å². The Morgan fingerprint density at radius 3 is 2.41 bits per heavy atom. The molecule has 0 saturated heterocycles. The average Bonchev–Trinajstić information content (AvgIpc) is 2.84. The number of rotatable bonds is 4. The molecule has 4 nitrogen and oxygen atoms in total. The fraction of sp³-hybridized carbons (Fsp3) is 0.379. The van der Waals surface area contributed by atoms with Crippen molar-refractivity contribution in [2.75, 3.05) is 0 Å². The number of Topliss-reactive ketones (excluding diaryl/α,β-unsaturated/α-hetero) is 1. The lowest BCUT2D eigenvalue weighted by Crippen LogP contribution is -2.37. The highest BCUT2D eigenvalue weighted by atomic mass is 127. The van der Waals surface area contributed by atoms with Gasteiger partial charge in [0, 0.05) is 32.9 Å². The van der Waals surface area contributed by atoms with Gasteiger partial charge < -0.3 is 10.1 Å². The Labute approximate surface area is 215 Å². The van der Waals surface area contributed by atoms with Gasteiger partial charge in [-0.1, -0.05) is 55.0 Å². The van der Waals surface area contributed by atoms with Crippen LogP contribution in [0.15, 0.2) is 77.1 Å². The van der Waals surface area contributed by atoms with Crippen molar-refractivity contribution in [1.82, 2.24) is 5.32 Å². The third kappa shape index (κ3) is 4.59. The van der Waals surface area contributed by atoms with Crippen LogP contribution in [0, 0.1) is 3.57 Å². The zero-order valence-corrected chi connectivity index (χ0v) is 21.6. The Balaban J connectivity index is 1.54. The van der Waals surface area contributed by atoms with Gasteiger partial charge in [-0.05, 0) is 84.7 Å². The molecule has 1 aliphatic heterocycles. The Morgan fingerprint density at radius 2 is 1.68 bits per heavy atom. The van der Waals surface area contributed by atoms with E-state index in [4.69, 9.17) is 4.74 Å². The second kappa shape index (κ2) is 10.1. The predicted octanol–water partition coefficient (Wildman–Crippen LogP) is 6.53. The maximum Gasteiger partial charge on any atom is 0.337 e. The highest BCUT2D eigenvalue weighted by molar-refractivity contribution is 14.1. The number of carbonyl (C=O) groups excluding carboxylic acids is 2. The van der Waals surface area contributed by atoms with Crippen LogP contribution in [0.3, 0.4) is 0 Å². The molecule has 0 aromatic heterocycles. The van der Waals surface area contributed by atoms with E-state index in [-0.39, 0.29) is 23.8 Å². The maximum absolute atomic E-state index is 13.7. The summed E-state index contributed by atoms with van der Waals surface area (Å²) in [4.78, 5) is 27.3. The highest BCUT2D eigenvalue weighted by Crippen LogP contribution is 2.46. The molecule has 2 aromatic carbocycles. The number of hydrogen-bond donors (Lipinski definition) is 1. The Hall–Kier alpha value is -2.41. The van der Waals surface area contributed by atoms with E-state index in [0.29, 0.717) is 12.0 Å². The molecule has 2 aliphatic carbocycles. The first-order valence-corrected chi connectivity index (χ1v) is 13.3. The van der Waals surface area contributed by atoms with Gasteiger partial charge in [0.15, 0.2) is 5.78 Å². The van der Waals surface area contributed by atoms with Crippen molar-refractivity contribution in [3.8, 4) is 0 Å². The minimum atomic E-state index is -0.398. The summed E-state index contributed by atoms with van der Waals surface area (Å²) in [5.74, 6) is -0.433. The van der Waals surface area contributed by atoms with Gasteiger partial charge in [0.05, 0.1) is 5.57 Å². The number of benzene rings is 2. The lowest BCUT2D eigenvalue weighted by Gasteiger charge is -2.37. The highest BCUT2D eigenvalue weighted by Gasteiger charge is 2.42. The molecular weight excluding hydrogens is 537 g/mol. The summed E-state index contributed by atoms with van der Waals surface area (Å²) >= 11 is 2.31. The summed E-state index contributed by atoms with van der Waals surface area (Å²) in [6, 6.07) is 18.3. The minimum absolute atomic E-state index is 0.0306. The van der Waals surface area contributed by atoms with Crippen LogP contribution < -0.4 is 5.32 Å². The van der Waals surface area contributed by atoms with Crippen molar-refractivity contribution in [2.45, 2.75) is 69.8 Å². The molecule has 0 radical (unpaired) electrons. The molecule has 1 heterocycles. The van der Waals surface area contributed by atoms with Crippen molar-refractivity contribution in [3.63, 3.8) is 0 Å². The summed E-state index contributed by atoms with van der Waals surface area (Å²) < 4.78 is 7.07. The zero-order valence-electron chi connectivity index (χ0n) is 19.5. The largest absolute Gasteiger partial charge is 0.459 e. The first-order valence-electron chi connectivity index (χ1n) is 12.3. The summed E-state index contributed by atoms with van der Waals surface area (Å²) in [7, 11) is 0. The number of hydrogen-bond acceptors (Lipinski definition) is 4. The number of halogens is 1. The predicted molar refractivity (Wildman–Crippen MR) is 141 cm³/mol. The third-order valence-corrected chi connectivity index (χ3v) is 8.34. The molecule has 0 bridgehead atoms. The Morgan fingerprint density at radius 1 is 0.971 bits per heavy atom. The molecule has 0 amide bonds. The summed E-state index contributed by atoms with van der Waals surface area (Å²) in [6.07, 6.45) is 6.43. The first kappa shape index (κ1) is 23.3. The van der Waals surface area contributed by atoms with Crippen LogP contribution in [0.5, 0.6) is 0 Å². The van der Waals surface area contributed by atoms with Gasteiger partial charge in [0.25, 0.3) is 0 Å². The fourth-order valence-corrected chi connectivity index (χ4v) is 6.39. The van der Waals surface area contributed by atoms with Crippen LogP contribution in [-0.4, -0.2) is 17.9 Å². The van der Waals surface area contributed by atoms with E-state index < -0.39 is 5.92 Å². The molecule has 0 spiro atoms.